The van der Waals surface area contributed by atoms with Crippen LogP contribution >= 0.6 is 0 Å². The van der Waals surface area contributed by atoms with Crippen molar-refractivity contribution in [2.24, 2.45) is 5.73 Å². The maximum Gasteiger partial charge on any atom is 0.420 e. The number of amides is 2. The second-order valence-electron chi connectivity index (χ2n) is 7.01. The Morgan fingerprint density at radius 2 is 1.81 bits per heavy atom. The molecule has 3 N–H and O–H groups in total. The van der Waals surface area contributed by atoms with E-state index in [1.807, 2.05) is 30.3 Å². The SMILES string of the molecule is CC(C)(C)OC(=O)N(C(=O)OCc1ccccc1)[C@@H](CO)CCCCN. The Hall–Kier alpha value is -2.12. The molecule has 146 valence electrons. The summed E-state index contributed by atoms with van der Waals surface area (Å²) >= 11 is 0. The molecule has 0 saturated carbocycles. The monoisotopic (exact) mass is 366 g/mol. The lowest BCUT2D eigenvalue weighted by atomic mass is 10.1. The minimum absolute atomic E-state index is 0.0277. The van der Waals surface area contributed by atoms with Crippen LogP contribution in [0.25, 0.3) is 0 Å². The minimum atomic E-state index is -0.838. The molecular formula is C19H30N2O5. The zero-order valence-corrected chi connectivity index (χ0v) is 15.8. The van der Waals surface area contributed by atoms with Crippen LogP contribution in [-0.2, 0) is 16.1 Å². The molecule has 26 heavy (non-hydrogen) atoms. The number of aliphatic hydroxyl groups excluding tert-OH is 1. The van der Waals surface area contributed by atoms with Crippen molar-refractivity contribution < 1.29 is 24.2 Å². The molecule has 0 radical (unpaired) electrons. The number of carbonyl (C=O) groups is 2. The van der Waals surface area contributed by atoms with Crippen LogP contribution in [0.15, 0.2) is 30.3 Å². The number of nitrogens with two attached hydrogens (primary N) is 1. The van der Waals surface area contributed by atoms with E-state index in [1.165, 1.54) is 0 Å². The maximum absolute atomic E-state index is 12.5. The lowest BCUT2D eigenvalue weighted by molar-refractivity contribution is 0.00456. The second kappa shape index (κ2) is 10.8. The minimum Gasteiger partial charge on any atom is -0.444 e. The molecule has 1 rings (SSSR count). The lowest BCUT2D eigenvalue weighted by Crippen LogP contribution is -2.48. The molecule has 0 fully saturated rings. The molecule has 1 aromatic carbocycles. The molecule has 7 nitrogen and oxygen atoms in total. The fourth-order valence-corrected chi connectivity index (χ4v) is 2.30. The first-order chi connectivity index (χ1) is 12.3. The Balaban J connectivity index is 2.86. The van der Waals surface area contributed by atoms with Crippen LogP contribution in [0.3, 0.4) is 0 Å². The van der Waals surface area contributed by atoms with Gasteiger partial charge in [-0.25, -0.2) is 14.5 Å². The van der Waals surface area contributed by atoms with Crippen molar-refractivity contribution in [3.8, 4) is 0 Å². The number of unbranched alkanes of at least 4 members (excludes halogenated alkanes) is 1. The summed E-state index contributed by atoms with van der Waals surface area (Å²) in [5, 5.41) is 9.69. The Bertz CT molecular complexity index is 557. The summed E-state index contributed by atoms with van der Waals surface area (Å²) in [6.45, 7) is 5.29. The van der Waals surface area contributed by atoms with Crippen molar-refractivity contribution in [2.45, 2.75) is 58.3 Å². The van der Waals surface area contributed by atoms with Gasteiger partial charge < -0.3 is 20.3 Å². The van der Waals surface area contributed by atoms with E-state index in [1.54, 1.807) is 20.8 Å². The molecule has 7 heteroatoms. The van der Waals surface area contributed by atoms with E-state index in [0.717, 1.165) is 16.9 Å². The van der Waals surface area contributed by atoms with Gasteiger partial charge in [-0.05, 0) is 45.7 Å². The van der Waals surface area contributed by atoms with Gasteiger partial charge in [0.05, 0.1) is 12.6 Å². The number of ether oxygens (including phenoxy) is 2. The average Bonchev–Trinajstić information content (AvgIpc) is 2.58. The van der Waals surface area contributed by atoms with Gasteiger partial charge in [-0.1, -0.05) is 36.8 Å². The third-order valence-electron chi connectivity index (χ3n) is 3.56. The lowest BCUT2D eigenvalue weighted by Gasteiger charge is -2.30. The number of hydrogen-bond donors (Lipinski definition) is 2. The first-order valence-electron chi connectivity index (χ1n) is 8.82. The van der Waals surface area contributed by atoms with Gasteiger partial charge in [0.15, 0.2) is 0 Å². The van der Waals surface area contributed by atoms with Crippen molar-refractivity contribution in [1.29, 1.82) is 0 Å². The molecule has 2 amide bonds. The van der Waals surface area contributed by atoms with E-state index < -0.39 is 23.8 Å². The summed E-state index contributed by atoms with van der Waals surface area (Å²) in [6.07, 6.45) is 0.162. The summed E-state index contributed by atoms with van der Waals surface area (Å²) in [7, 11) is 0. The molecule has 0 aromatic heterocycles. The number of benzene rings is 1. The molecule has 0 aliphatic rings. The van der Waals surface area contributed by atoms with Gasteiger partial charge >= 0.3 is 12.2 Å². The molecule has 0 unspecified atom stereocenters. The highest BCUT2D eigenvalue weighted by molar-refractivity contribution is 5.88. The summed E-state index contributed by atoms with van der Waals surface area (Å²) in [5.74, 6) is 0. The van der Waals surface area contributed by atoms with Crippen LogP contribution in [0.5, 0.6) is 0 Å². The molecule has 1 aromatic rings. The van der Waals surface area contributed by atoms with Gasteiger partial charge in [0.25, 0.3) is 0 Å². The molecule has 0 aliphatic heterocycles. The van der Waals surface area contributed by atoms with Crippen LogP contribution in [0.2, 0.25) is 0 Å². The Morgan fingerprint density at radius 3 is 2.35 bits per heavy atom. The largest absolute Gasteiger partial charge is 0.444 e. The van der Waals surface area contributed by atoms with Gasteiger partial charge in [0.1, 0.15) is 12.2 Å². The Labute approximate surface area is 155 Å². The van der Waals surface area contributed by atoms with Crippen molar-refractivity contribution in [3.63, 3.8) is 0 Å². The van der Waals surface area contributed by atoms with Gasteiger partial charge in [-0.3, -0.25) is 0 Å². The van der Waals surface area contributed by atoms with Crippen molar-refractivity contribution >= 4 is 12.2 Å². The number of carbonyl (C=O) groups excluding carboxylic acids is 2. The highest BCUT2D eigenvalue weighted by atomic mass is 16.6. The standard InChI is InChI=1S/C19H30N2O5/c1-19(2,3)26-18(24)21(16(13-22)11-7-8-12-20)17(23)25-14-15-9-5-4-6-10-15/h4-6,9-10,16,22H,7-8,11-14,20H2,1-3H3/t16-/m1/s1. The zero-order chi connectivity index (χ0) is 19.6. The van der Waals surface area contributed by atoms with E-state index in [-0.39, 0.29) is 13.2 Å². The number of rotatable bonds is 8. The highest BCUT2D eigenvalue weighted by Crippen LogP contribution is 2.17. The van der Waals surface area contributed by atoms with Gasteiger partial charge in [-0.2, -0.15) is 0 Å². The zero-order valence-electron chi connectivity index (χ0n) is 15.8. The summed E-state index contributed by atoms with van der Waals surface area (Å²) < 4.78 is 10.6. The fourth-order valence-electron chi connectivity index (χ4n) is 2.30. The maximum atomic E-state index is 12.5. The van der Waals surface area contributed by atoms with Gasteiger partial charge in [-0.15, -0.1) is 0 Å². The van der Waals surface area contributed by atoms with E-state index in [0.29, 0.717) is 19.4 Å². The topological polar surface area (TPSA) is 102 Å². The fraction of sp³-hybridized carbons (Fsp3) is 0.579. The molecule has 0 spiro atoms. The number of imide groups is 1. The van der Waals surface area contributed by atoms with Crippen LogP contribution in [-0.4, -0.2) is 47.0 Å². The van der Waals surface area contributed by atoms with Gasteiger partial charge in [0.2, 0.25) is 0 Å². The normalized spacial score (nSPS) is 12.3. The number of nitrogens with zero attached hydrogens (tertiary/aromatic N) is 1. The van der Waals surface area contributed by atoms with Crippen molar-refractivity contribution in [2.75, 3.05) is 13.2 Å². The van der Waals surface area contributed by atoms with Crippen LogP contribution in [0.4, 0.5) is 9.59 Å². The molecule has 0 saturated heterocycles. The summed E-state index contributed by atoms with van der Waals surface area (Å²) in [4.78, 5) is 25.9. The Morgan fingerprint density at radius 1 is 1.15 bits per heavy atom. The molecular weight excluding hydrogens is 336 g/mol. The van der Waals surface area contributed by atoms with Gasteiger partial charge in [0, 0.05) is 0 Å². The predicted molar refractivity (Wildman–Crippen MR) is 98.5 cm³/mol. The van der Waals surface area contributed by atoms with Crippen LogP contribution in [0, 0.1) is 0 Å². The van der Waals surface area contributed by atoms with E-state index in [2.05, 4.69) is 0 Å². The number of hydrogen-bond acceptors (Lipinski definition) is 6. The molecule has 0 aliphatic carbocycles. The van der Waals surface area contributed by atoms with Crippen molar-refractivity contribution in [3.05, 3.63) is 35.9 Å². The predicted octanol–water partition coefficient (Wildman–Crippen LogP) is 3.05. The summed E-state index contributed by atoms with van der Waals surface area (Å²) in [5.41, 5.74) is 5.52. The van der Waals surface area contributed by atoms with Crippen molar-refractivity contribution in [1.82, 2.24) is 4.90 Å². The molecule has 0 bridgehead atoms. The van der Waals surface area contributed by atoms with E-state index >= 15 is 0 Å². The average molecular weight is 366 g/mol. The summed E-state index contributed by atoms with van der Waals surface area (Å²) in [6, 6.07) is 8.43. The smallest absolute Gasteiger partial charge is 0.420 e. The third-order valence-corrected chi connectivity index (χ3v) is 3.56. The molecule has 0 heterocycles. The third kappa shape index (κ3) is 7.84. The second-order valence-corrected chi connectivity index (χ2v) is 7.01. The first kappa shape index (κ1) is 21.9. The first-order valence-corrected chi connectivity index (χ1v) is 8.82. The Kier molecular flexibility index (Phi) is 9.09. The molecule has 1 atom stereocenters. The van der Waals surface area contributed by atoms with E-state index in [4.69, 9.17) is 15.2 Å². The van der Waals surface area contributed by atoms with E-state index in [9.17, 15) is 14.7 Å². The highest BCUT2D eigenvalue weighted by Gasteiger charge is 2.34. The van der Waals surface area contributed by atoms with Crippen LogP contribution in [0.1, 0.15) is 45.6 Å². The quantitative estimate of drug-likeness (QED) is 0.686. The number of aliphatic hydroxyl groups is 1. The van der Waals surface area contributed by atoms with Crippen LogP contribution < -0.4 is 5.73 Å².